The second kappa shape index (κ2) is 6.82. The van der Waals surface area contributed by atoms with E-state index < -0.39 is 12.0 Å². The maximum absolute atomic E-state index is 12.3. The zero-order chi connectivity index (χ0) is 19.0. The number of hydrazone groups is 1. The molecule has 1 unspecified atom stereocenters. The number of nitrogens with two attached hydrogens (primary N) is 1. The molecule has 27 heavy (non-hydrogen) atoms. The summed E-state index contributed by atoms with van der Waals surface area (Å²) in [6, 6.07) is 10.3. The van der Waals surface area contributed by atoms with Crippen LogP contribution in [0.3, 0.4) is 0 Å². The third-order valence-electron chi connectivity index (χ3n) is 4.40. The summed E-state index contributed by atoms with van der Waals surface area (Å²) in [4.78, 5) is 27.7. The number of rotatable bonds is 5. The Kier molecular flexibility index (Phi) is 4.35. The molecule has 0 aliphatic carbocycles. The minimum absolute atomic E-state index is 0.144. The molecular formula is C19H16N4O3S. The fourth-order valence-electron chi connectivity index (χ4n) is 3.09. The van der Waals surface area contributed by atoms with E-state index in [0.29, 0.717) is 17.0 Å². The van der Waals surface area contributed by atoms with Crippen LogP contribution in [0.5, 0.6) is 0 Å². The third-order valence-corrected chi connectivity index (χ3v) is 5.28. The number of para-hydroxylation sites is 1. The second-order valence-electron chi connectivity index (χ2n) is 6.15. The number of H-pyrrole nitrogens is 1. The van der Waals surface area contributed by atoms with Crippen molar-refractivity contribution in [2.45, 2.75) is 12.5 Å². The number of carbonyl (C=O) groups excluding carboxylic acids is 1. The van der Waals surface area contributed by atoms with Gasteiger partial charge in [-0.3, -0.25) is 9.59 Å². The first-order valence-electron chi connectivity index (χ1n) is 8.26. The van der Waals surface area contributed by atoms with Crippen LogP contribution >= 0.6 is 11.3 Å². The molecule has 0 saturated carbocycles. The van der Waals surface area contributed by atoms with Gasteiger partial charge in [-0.1, -0.05) is 24.3 Å². The van der Waals surface area contributed by atoms with Crippen LogP contribution in [0, 0.1) is 0 Å². The molecule has 1 aliphatic heterocycles. The fourth-order valence-corrected chi connectivity index (χ4v) is 3.81. The number of amides is 1. The van der Waals surface area contributed by atoms with E-state index in [4.69, 9.17) is 5.73 Å². The molecule has 3 heterocycles. The van der Waals surface area contributed by atoms with E-state index >= 15 is 0 Å². The van der Waals surface area contributed by atoms with E-state index in [2.05, 4.69) is 15.5 Å². The molecule has 2 aromatic heterocycles. The van der Waals surface area contributed by atoms with E-state index in [1.165, 1.54) is 11.3 Å². The average Bonchev–Trinajstić information content (AvgIpc) is 3.36. The van der Waals surface area contributed by atoms with Crippen molar-refractivity contribution in [1.82, 2.24) is 10.4 Å². The van der Waals surface area contributed by atoms with Crippen molar-refractivity contribution in [1.29, 1.82) is 0 Å². The largest absolute Gasteiger partial charge is 0.480 e. The Hall–Kier alpha value is -3.23. The minimum Gasteiger partial charge on any atom is -0.480 e. The number of thiophene rings is 1. The number of aromatic amines is 1. The predicted octanol–water partition coefficient (Wildman–Crippen LogP) is 2.10. The summed E-state index contributed by atoms with van der Waals surface area (Å²) in [5, 5.41) is 16.1. The van der Waals surface area contributed by atoms with Crippen molar-refractivity contribution < 1.29 is 14.7 Å². The van der Waals surface area contributed by atoms with Crippen molar-refractivity contribution in [3.8, 4) is 0 Å². The Labute approximate surface area is 158 Å². The lowest BCUT2D eigenvalue weighted by molar-refractivity contribution is -0.138. The summed E-state index contributed by atoms with van der Waals surface area (Å²) in [5.74, 6) is -1.37. The number of fused-ring (bicyclic) bond motifs is 1. The monoisotopic (exact) mass is 380 g/mol. The van der Waals surface area contributed by atoms with Crippen LogP contribution in [0.25, 0.3) is 17.0 Å². The predicted molar refractivity (Wildman–Crippen MR) is 105 cm³/mol. The first-order chi connectivity index (χ1) is 13.0. The van der Waals surface area contributed by atoms with E-state index in [-0.39, 0.29) is 12.3 Å². The molecule has 5 N–H and O–H groups in total. The molecule has 0 bridgehead atoms. The number of nitrogens with one attached hydrogen (secondary N) is 2. The van der Waals surface area contributed by atoms with Gasteiger partial charge in [0.1, 0.15) is 11.8 Å². The van der Waals surface area contributed by atoms with Crippen molar-refractivity contribution >= 4 is 45.9 Å². The quantitative estimate of drug-likeness (QED) is 0.507. The van der Waals surface area contributed by atoms with Crippen LogP contribution in [0.4, 0.5) is 0 Å². The smallest absolute Gasteiger partial charge is 0.320 e. The molecule has 7 nitrogen and oxygen atoms in total. The molecule has 0 spiro atoms. The summed E-state index contributed by atoms with van der Waals surface area (Å²) in [6.07, 6.45) is 1.86. The zero-order valence-electron chi connectivity index (χ0n) is 14.1. The highest BCUT2D eigenvalue weighted by atomic mass is 32.1. The Balaban J connectivity index is 1.83. The first kappa shape index (κ1) is 17.2. The lowest BCUT2D eigenvalue weighted by Gasteiger charge is -2.07. The lowest BCUT2D eigenvalue weighted by atomic mass is 10.0. The molecule has 3 aromatic rings. The van der Waals surface area contributed by atoms with Crippen LogP contribution in [-0.2, 0) is 16.0 Å². The van der Waals surface area contributed by atoms with Gasteiger partial charge < -0.3 is 15.8 Å². The number of hydrogen-bond donors (Lipinski definition) is 4. The van der Waals surface area contributed by atoms with Crippen LogP contribution in [0.1, 0.15) is 16.1 Å². The molecule has 136 valence electrons. The molecule has 1 atom stereocenters. The number of carboxylic acids is 1. The average molecular weight is 380 g/mol. The number of hydrogen-bond acceptors (Lipinski definition) is 5. The normalized spacial score (nSPS) is 16.6. The van der Waals surface area contributed by atoms with Gasteiger partial charge in [-0.15, -0.1) is 11.3 Å². The third kappa shape index (κ3) is 3.16. The van der Waals surface area contributed by atoms with Crippen molar-refractivity contribution in [3.05, 3.63) is 63.5 Å². The standard InChI is InChI=1S/C19H16N4O3S/c20-13(19(25)26)8-11-10-4-1-2-5-14(10)21-15(11)9-12-17(22-23-18(12)24)16-6-3-7-27-16/h1-7,9,13,21H,8,20H2,(H,23,24)(H,25,26)/b12-9-. The van der Waals surface area contributed by atoms with Crippen molar-refractivity contribution in [2.24, 2.45) is 10.8 Å². The topological polar surface area (TPSA) is 121 Å². The highest BCUT2D eigenvalue weighted by Gasteiger charge is 2.26. The second-order valence-corrected chi connectivity index (χ2v) is 7.10. The number of aliphatic carboxylic acids is 1. The summed E-state index contributed by atoms with van der Waals surface area (Å²) in [5.41, 5.74) is 11.5. The van der Waals surface area contributed by atoms with Gasteiger partial charge in [-0.05, 0) is 29.2 Å². The number of benzene rings is 1. The van der Waals surface area contributed by atoms with Gasteiger partial charge in [0.05, 0.1) is 10.5 Å². The molecule has 0 saturated heterocycles. The maximum Gasteiger partial charge on any atom is 0.320 e. The summed E-state index contributed by atoms with van der Waals surface area (Å²) >= 11 is 1.49. The molecule has 0 radical (unpaired) electrons. The number of aromatic nitrogens is 1. The van der Waals surface area contributed by atoms with Crippen molar-refractivity contribution in [2.75, 3.05) is 0 Å². The van der Waals surface area contributed by atoms with Crippen LogP contribution < -0.4 is 11.2 Å². The van der Waals surface area contributed by atoms with Crippen molar-refractivity contribution in [3.63, 3.8) is 0 Å². The van der Waals surface area contributed by atoms with Gasteiger partial charge in [0.15, 0.2) is 0 Å². The van der Waals surface area contributed by atoms with Gasteiger partial charge in [0, 0.05) is 23.0 Å². The molecule has 4 rings (SSSR count). The number of carboxylic acid groups (broad SMARTS) is 1. The van der Waals surface area contributed by atoms with Gasteiger partial charge in [-0.25, -0.2) is 5.43 Å². The molecule has 1 aliphatic rings. The molecule has 8 heteroatoms. The molecule has 0 fully saturated rings. The van der Waals surface area contributed by atoms with E-state index in [9.17, 15) is 14.7 Å². The zero-order valence-corrected chi connectivity index (χ0v) is 14.9. The number of nitrogens with zero attached hydrogens (tertiary/aromatic N) is 1. The SMILES string of the molecule is NC(Cc1c(/C=C2\C(=O)NN=C2c2cccs2)[nH]c2ccccc12)C(=O)O. The lowest BCUT2D eigenvalue weighted by Crippen LogP contribution is -2.32. The molecular weight excluding hydrogens is 364 g/mol. The first-order valence-corrected chi connectivity index (χ1v) is 9.14. The summed E-state index contributed by atoms with van der Waals surface area (Å²) in [6.45, 7) is 0. The fraction of sp³-hybridized carbons (Fsp3) is 0.105. The van der Waals surface area contributed by atoms with Gasteiger partial charge in [0.2, 0.25) is 0 Å². The Morgan fingerprint density at radius 2 is 2.11 bits per heavy atom. The summed E-state index contributed by atoms with van der Waals surface area (Å²) in [7, 11) is 0. The van der Waals surface area contributed by atoms with Crippen LogP contribution in [-0.4, -0.2) is 33.7 Å². The summed E-state index contributed by atoms with van der Waals surface area (Å²) < 4.78 is 0. The van der Waals surface area contributed by atoms with Gasteiger partial charge in [0.25, 0.3) is 5.91 Å². The van der Waals surface area contributed by atoms with E-state index in [1.54, 1.807) is 6.08 Å². The Morgan fingerprint density at radius 1 is 1.30 bits per heavy atom. The molecule has 1 amide bonds. The minimum atomic E-state index is -1.07. The Morgan fingerprint density at radius 3 is 2.85 bits per heavy atom. The van der Waals surface area contributed by atoms with Crippen LogP contribution in [0.15, 0.2) is 52.5 Å². The highest BCUT2D eigenvalue weighted by molar-refractivity contribution is 7.12. The molecule has 1 aromatic carbocycles. The Bertz CT molecular complexity index is 1100. The number of carbonyl (C=O) groups is 2. The highest BCUT2D eigenvalue weighted by Crippen LogP contribution is 2.27. The van der Waals surface area contributed by atoms with Gasteiger partial charge in [-0.2, -0.15) is 5.10 Å². The van der Waals surface area contributed by atoms with Crippen LogP contribution in [0.2, 0.25) is 0 Å². The van der Waals surface area contributed by atoms with E-state index in [0.717, 1.165) is 21.3 Å². The maximum atomic E-state index is 12.3. The van der Waals surface area contributed by atoms with Gasteiger partial charge >= 0.3 is 5.97 Å². The van der Waals surface area contributed by atoms with E-state index in [1.807, 2.05) is 41.8 Å².